The van der Waals surface area contributed by atoms with Gasteiger partial charge in [0, 0.05) is 43.2 Å². The summed E-state index contributed by atoms with van der Waals surface area (Å²) < 4.78 is 26.5. The molecule has 1 aromatic heterocycles. The number of pyridine rings is 1. The molecular formula is C17H17F2N3O. The van der Waals surface area contributed by atoms with Gasteiger partial charge in [-0.1, -0.05) is 0 Å². The Balaban J connectivity index is 1.58. The van der Waals surface area contributed by atoms with Crippen molar-refractivity contribution in [1.29, 1.82) is 0 Å². The number of rotatable bonds is 3. The van der Waals surface area contributed by atoms with E-state index >= 15 is 0 Å². The van der Waals surface area contributed by atoms with Gasteiger partial charge in [-0.2, -0.15) is 0 Å². The molecule has 1 fully saturated rings. The quantitative estimate of drug-likeness (QED) is 0.945. The summed E-state index contributed by atoms with van der Waals surface area (Å²) in [5.41, 5.74) is 1.11. The van der Waals surface area contributed by atoms with Crippen molar-refractivity contribution in [3.63, 3.8) is 0 Å². The molecule has 0 spiro atoms. The molecule has 4 nitrogen and oxygen atoms in total. The summed E-state index contributed by atoms with van der Waals surface area (Å²) in [6.07, 6.45) is 4.87. The minimum Gasteiger partial charge on any atom is -0.371 e. The molecule has 120 valence electrons. The van der Waals surface area contributed by atoms with Crippen LogP contribution in [-0.2, 0) is 4.79 Å². The first-order valence-corrected chi connectivity index (χ1v) is 7.54. The molecule has 6 heteroatoms. The third-order valence-corrected chi connectivity index (χ3v) is 4.08. The topological polar surface area (TPSA) is 45.2 Å². The van der Waals surface area contributed by atoms with Crippen molar-refractivity contribution in [2.45, 2.75) is 12.8 Å². The highest BCUT2D eigenvalue weighted by Gasteiger charge is 2.25. The predicted molar refractivity (Wildman–Crippen MR) is 84.2 cm³/mol. The van der Waals surface area contributed by atoms with Crippen LogP contribution in [0.2, 0.25) is 0 Å². The number of piperidine rings is 1. The monoisotopic (exact) mass is 317 g/mol. The number of carbonyl (C=O) groups is 1. The summed E-state index contributed by atoms with van der Waals surface area (Å²) in [6.45, 7) is 1.52. The maximum absolute atomic E-state index is 13.6. The molecule has 2 heterocycles. The first-order valence-electron chi connectivity index (χ1n) is 7.54. The van der Waals surface area contributed by atoms with E-state index in [4.69, 9.17) is 0 Å². The number of nitrogens with one attached hydrogen (secondary N) is 1. The van der Waals surface area contributed by atoms with E-state index in [-0.39, 0.29) is 17.5 Å². The van der Waals surface area contributed by atoms with E-state index in [1.165, 1.54) is 6.07 Å². The Bertz CT molecular complexity index is 685. The Kier molecular flexibility index (Phi) is 4.50. The highest BCUT2D eigenvalue weighted by Crippen LogP contribution is 2.24. The second-order valence-electron chi connectivity index (χ2n) is 5.58. The van der Waals surface area contributed by atoms with Crippen LogP contribution >= 0.6 is 0 Å². The summed E-state index contributed by atoms with van der Waals surface area (Å²) in [4.78, 5) is 18.4. The van der Waals surface area contributed by atoms with E-state index in [1.807, 2.05) is 12.1 Å². The molecule has 1 aliphatic rings. The molecule has 1 saturated heterocycles. The van der Waals surface area contributed by atoms with E-state index in [0.717, 1.165) is 30.9 Å². The van der Waals surface area contributed by atoms with Gasteiger partial charge in [-0.25, -0.2) is 8.78 Å². The molecule has 3 rings (SSSR count). The average Bonchev–Trinajstić information content (AvgIpc) is 2.58. The summed E-state index contributed by atoms with van der Waals surface area (Å²) in [6, 6.07) is 7.02. The minimum atomic E-state index is -0.757. The normalized spacial score (nSPS) is 15.5. The van der Waals surface area contributed by atoms with Crippen LogP contribution in [0.4, 0.5) is 20.2 Å². The zero-order valence-corrected chi connectivity index (χ0v) is 12.5. The molecule has 0 saturated carbocycles. The van der Waals surface area contributed by atoms with Gasteiger partial charge in [0.1, 0.15) is 11.6 Å². The molecule has 23 heavy (non-hydrogen) atoms. The molecule has 1 aromatic carbocycles. The number of amides is 1. The van der Waals surface area contributed by atoms with Crippen molar-refractivity contribution in [3.8, 4) is 0 Å². The number of hydrogen-bond acceptors (Lipinski definition) is 3. The fraction of sp³-hybridized carbons (Fsp3) is 0.294. The zero-order chi connectivity index (χ0) is 16.2. The fourth-order valence-electron chi connectivity index (χ4n) is 2.78. The van der Waals surface area contributed by atoms with Crippen molar-refractivity contribution in [1.82, 2.24) is 4.98 Å². The van der Waals surface area contributed by atoms with Crippen molar-refractivity contribution in [2.24, 2.45) is 5.92 Å². The molecule has 0 aliphatic carbocycles. The van der Waals surface area contributed by atoms with Crippen molar-refractivity contribution < 1.29 is 13.6 Å². The standard InChI is InChI=1S/C17H17F2N3O/c18-13-1-2-16(15(19)11-13)21-17(23)12-5-9-22(10-6-12)14-3-7-20-8-4-14/h1-4,7-8,11-12H,5-6,9-10H2,(H,21,23). The second kappa shape index (κ2) is 6.73. The Morgan fingerprint density at radius 3 is 2.48 bits per heavy atom. The van der Waals surface area contributed by atoms with Gasteiger partial charge in [-0.15, -0.1) is 0 Å². The Hall–Kier alpha value is -2.50. The molecule has 0 atom stereocenters. The average molecular weight is 317 g/mol. The number of aromatic nitrogens is 1. The summed E-state index contributed by atoms with van der Waals surface area (Å²) in [5, 5.41) is 2.55. The molecule has 1 aliphatic heterocycles. The second-order valence-corrected chi connectivity index (χ2v) is 5.58. The zero-order valence-electron chi connectivity index (χ0n) is 12.5. The summed E-state index contributed by atoms with van der Waals surface area (Å²) in [7, 11) is 0. The first-order chi connectivity index (χ1) is 11.1. The molecule has 1 N–H and O–H groups in total. The van der Waals surface area contributed by atoms with Crippen LogP contribution in [0.25, 0.3) is 0 Å². The number of benzene rings is 1. The Morgan fingerprint density at radius 1 is 1.13 bits per heavy atom. The van der Waals surface area contributed by atoms with E-state index < -0.39 is 11.6 Å². The number of anilines is 2. The largest absolute Gasteiger partial charge is 0.371 e. The SMILES string of the molecule is O=C(Nc1ccc(F)cc1F)C1CCN(c2ccncc2)CC1. The number of nitrogens with zero attached hydrogens (tertiary/aromatic N) is 2. The van der Waals surface area contributed by atoms with Crippen LogP contribution in [0.15, 0.2) is 42.7 Å². The van der Waals surface area contributed by atoms with Crippen LogP contribution in [0.5, 0.6) is 0 Å². The van der Waals surface area contributed by atoms with Crippen LogP contribution in [0.3, 0.4) is 0 Å². The lowest BCUT2D eigenvalue weighted by atomic mass is 9.95. The third kappa shape index (κ3) is 3.64. The lowest BCUT2D eigenvalue weighted by Crippen LogP contribution is -2.38. The predicted octanol–water partition coefficient (Wildman–Crippen LogP) is 3.21. The molecule has 1 amide bonds. The number of carbonyl (C=O) groups excluding carboxylic acids is 1. The summed E-state index contributed by atoms with van der Waals surface area (Å²) in [5.74, 6) is -1.80. The molecule has 2 aromatic rings. The van der Waals surface area contributed by atoms with Gasteiger partial charge in [0.25, 0.3) is 0 Å². The number of halogens is 2. The Labute approximate surface area is 133 Å². The Morgan fingerprint density at radius 2 is 1.83 bits per heavy atom. The lowest BCUT2D eigenvalue weighted by Gasteiger charge is -2.32. The highest BCUT2D eigenvalue weighted by molar-refractivity contribution is 5.92. The van der Waals surface area contributed by atoms with Crippen LogP contribution in [0.1, 0.15) is 12.8 Å². The van der Waals surface area contributed by atoms with Crippen LogP contribution < -0.4 is 10.2 Å². The van der Waals surface area contributed by atoms with Gasteiger partial charge in [0.05, 0.1) is 5.69 Å². The van der Waals surface area contributed by atoms with Gasteiger partial charge in [-0.05, 0) is 37.1 Å². The third-order valence-electron chi connectivity index (χ3n) is 4.08. The summed E-state index contributed by atoms with van der Waals surface area (Å²) >= 11 is 0. The van der Waals surface area contributed by atoms with Gasteiger partial charge < -0.3 is 10.2 Å². The molecule has 0 radical (unpaired) electrons. The van der Waals surface area contributed by atoms with Gasteiger partial charge in [0.15, 0.2) is 0 Å². The molecular weight excluding hydrogens is 300 g/mol. The first kappa shape index (κ1) is 15.4. The van der Waals surface area contributed by atoms with Crippen molar-refractivity contribution >= 4 is 17.3 Å². The highest BCUT2D eigenvalue weighted by atomic mass is 19.1. The van der Waals surface area contributed by atoms with Crippen molar-refractivity contribution in [2.75, 3.05) is 23.3 Å². The van der Waals surface area contributed by atoms with E-state index in [1.54, 1.807) is 12.4 Å². The van der Waals surface area contributed by atoms with E-state index in [9.17, 15) is 13.6 Å². The molecule has 0 unspecified atom stereocenters. The van der Waals surface area contributed by atoms with Gasteiger partial charge in [0.2, 0.25) is 5.91 Å². The van der Waals surface area contributed by atoms with Crippen molar-refractivity contribution in [3.05, 3.63) is 54.4 Å². The van der Waals surface area contributed by atoms with E-state index in [0.29, 0.717) is 12.8 Å². The van der Waals surface area contributed by atoms with Crippen LogP contribution in [0, 0.1) is 17.6 Å². The lowest BCUT2D eigenvalue weighted by molar-refractivity contribution is -0.120. The van der Waals surface area contributed by atoms with E-state index in [2.05, 4.69) is 15.2 Å². The maximum atomic E-state index is 13.6. The van der Waals surface area contributed by atoms with Crippen LogP contribution in [-0.4, -0.2) is 24.0 Å². The van der Waals surface area contributed by atoms with Gasteiger partial charge >= 0.3 is 0 Å². The fourth-order valence-corrected chi connectivity index (χ4v) is 2.78. The number of hydrogen-bond donors (Lipinski definition) is 1. The van der Waals surface area contributed by atoms with Gasteiger partial charge in [-0.3, -0.25) is 9.78 Å². The smallest absolute Gasteiger partial charge is 0.227 e. The maximum Gasteiger partial charge on any atom is 0.227 e. The minimum absolute atomic E-state index is 0.0213. The molecule has 0 bridgehead atoms.